The second-order valence-electron chi connectivity index (χ2n) is 6.40. The van der Waals surface area contributed by atoms with E-state index in [-0.39, 0.29) is 11.8 Å². The first-order valence-electron chi connectivity index (χ1n) is 8.73. The number of thiazole rings is 1. The number of hydrogen-bond donors (Lipinski definition) is 3. The number of rotatable bonds is 3. The average molecular weight is 389 g/mol. The molecule has 2 aliphatic rings. The summed E-state index contributed by atoms with van der Waals surface area (Å²) in [6, 6.07) is 5.42. The Kier molecular flexibility index (Phi) is 5.23. The molecule has 6 nitrogen and oxygen atoms in total. The third-order valence-electron chi connectivity index (χ3n) is 4.59. The lowest BCUT2D eigenvalue weighted by atomic mass is 9.97. The lowest BCUT2D eigenvalue weighted by Crippen LogP contribution is -2.26. The second-order valence-corrected chi connectivity index (χ2v) is 8.60. The molecule has 0 radical (unpaired) electrons. The number of nitrogens with one attached hydrogen (secondary N) is 3. The number of piperidine rings is 1. The summed E-state index contributed by atoms with van der Waals surface area (Å²) in [5.74, 6) is 1.06. The normalized spacial score (nSPS) is 17.9. The Morgan fingerprint density at radius 1 is 1.27 bits per heavy atom. The summed E-state index contributed by atoms with van der Waals surface area (Å²) in [5, 5.41) is 9.74. The number of nitrogens with zero attached hydrogens (tertiary/aromatic N) is 1. The van der Waals surface area contributed by atoms with Gasteiger partial charge in [-0.1, -0.05) is 0 Å². The van der Waals surface area contributed by atoms with Crippen LogP contribution in [-0.4, -0.2) is 35.6 Å². The fraction of sp³-hybridized carbons (Fsp3) is 0.389. The van der Waals surface area contributed by atoms with Crippen LogP contribution >= 0.6 is 23.1 Å². The van der Waals surface area contributed by atoms with Crippen molar-refractivity contribution in [3.8, 4) is 0 Å². The maximum absolute atomic E-state index is 12.6. The zero-order chi connectivity index (χ0) is 17.9. The summed E-state index contributed by atoms with van der Waals surface area (Å²) >= 11 is 3.18. The largest absolute Gasteiger partial charge is 0.325 e. The fourth-order valence-electron chi connectivity index (χ4n) is 3.17. The number of carbonyl (C=O) groups excluding carboxylic acids is 2. The molecule has 2 aliphatic heterocycles. The number of benzene rings is 1. The topological polar surface area (TPSA) is 83.1 Å². The van der Waals surface area contributed by atoms with Crippen molar-refractivity contribution in [3.63, 3.8) is 0 Å². The molecule has 1 aromatic heterocycles. The van der Waals surface area contributed by atoms with Gasteiger partial charge in [0.05, 0.1) is 5.69 Å². The van der Waals surface area contributed by atoms with Gasteiger partial charge in [0.15, 0.2) is 5.13 Å². The molecule has 1 aromatic carbocycles. The maximum Gasteiger partial charge on any atom is 0.257 e. The molecule has 0 unspecified atom stereocenters. The Labute approximate surface area is 160 Å². The highest BCUT2D eigenvalue weighted by atomic mass is 32.2. The molecule has 3 heterocycles. The van der Waals surface area contributed by atoms with E-state index in [0.717, 1.165) is 36.6 Å². The summed E-state index contributed by atoms with van der Waals surface area (Å²) < 4.78 is 0. The molecule has 3 N–H and O–H groups in total. The van der Waals surface area contributed by atoms with Crippen molar-refractivity contribution >= 4 is 45.7 Å². The number of hydrogen-bond acceptors (Lipinski definition) is 6. The molecule has 4 rings (SSSR count). The van der Waals surface area contributed by atoms with Crippen molar-refractivity contribution in [1.82, 2.24) is 10.3 Å². The van der Waals surface area contributed by atoms with Crippen LogP contribution in [0.1, 0.15) is 40.4 Å². The zero-order valence-electron chi connectivity index (χ0n) is 14.2. The monoisotopic (exact) mass is 388 g/mol. The van der Waals surface area contributed by atoms with Gasteiger partial charge in [-0.15, -0.1) is 23.1 Å². The summed E-state index contributed by atoms with van der Waals surface area (Å²) in [4.78, 5) is 30.9. The van der Waals surface area contributed by atoms with E-state index < -0.39 is 0 Å². The van der Waals surface area contributed by atoms with Crippen LogP contribution in [0.3, 0.4) is 0 Å². The molecule has 0 spiro atoms. The van der Waals surface area contributed by atoms with Crippen molar-refractivity contribution in [1.29, 1.82) is 0 Å². The molecular formula is C18H20N4O2S2. The lowest BCUT2D eigenvalue weighted by Gasteiger charge is -2.20. The molecule has 1 fully saturated rings. The van der Waals surface area contributed by atoms with Crippen LogP contribution in [0.4, 0.5) is 10.8 Å². The summed E-state index contributed by atoms with van der Waals surface area (Å²) in [6.45, 7) is 2.06. The zero-order valence-corrected chi connectivity index (χ0v) is 15.8. The molecule has 0 bridgehead atoms. The van der Waals surface area contributed by atoms with Crippen LogP contribution in [0.25, 0.3) is 0 Å². The molecule has 2 aromatic rings. The SMILES string of the molecule is O=C1CCSc2ccc(C(=O)Nc3ncc(C4CCNCC4)s3)cc2N1. The number of carbonyl (C=O) groups is 2. The van der Waals surface area contributed by atoms with Crippen LogP contribution in [0.5, 0.6) is 0 Å². The summed E-state index contributed by atoms with van der Waals surface area (Å²) in [7, 11) is 0. The number of amides is 2. The van der Waals surface area contributed by atoms with Crippen molar-refractivity contribution < 1.29 is 9.59 Å². The van der Waals surface area contributed by atoms with Crippen LogP contribution in [0, 0.1) is 0 Å². The van der Waals surface area contributed by atoms with Gasteiger partial charge in [0.2, 0.25) is 5.91 Å². The van der Waals surface area contributed by atoms with Crippen LogP contribution in [0.2, 0.25) is 0 Å². The molecule has 2 amide bonds. The predicted molar refractivity (Wildman–Crippen MR) is 105 cm³/mol. The number of aromatic nitrogens is 1. The average Bonchev–Trinajstić information content (AvgIpc) is 3.03. The van der Waals surface area contributed by atoms with Crippen molar-refractivity contribution in [2.45, 2.75) is 30.1 Å². The van der Waals surface area contributed by atoms with Crippen molar-refractivity contribution in [2.24, 2.45) is 0 Å². The quantitative estimate of drug-likeness (QED) is 0.751. The van der Waals surface area contributed by atoms with Gasteiger partial charge in [0.25, 0.3) is 5.91 Å². The number of thioether (sulfide) groups is 1. The van der Waals surface area contributed by atoms with Gasteiger partial charge in [-0.05, 0) is 50.0 Å². The highest BCUT2D eigenvalue weighted by molar-refractivity contribution is 7.99. The molecule has 0 atom stereocenters. The number of anilines is 2. The van der Waals surface area contributed by atoms with Crippen LogP contribution in [-0.2, 0) is 4.79 Å². The molecule has 26 heavy (non-hydrogen) atoms. The van der Waals surface area contributed by atoms with E-state index in [1.54, 1.807) is 35.2 Å². The maximum atomic E-state index is 12.6. The molecule has 8 heteroatoms. The van der Waals surface area contributed by atoms with Crippen molar-refractivity contribution in [3.05, 3.63) is 34.8 Å². The van der Waals surface area contributed by atoms with Gasteiger partial charge >= 0.3 is 0 Å². The first-order valence-corrected chi connectivity index (χ1v) is 10.5. The molecular weight excluding hydrogens is 368 g/mol. The second kappa shape index (κ2) is 7.77. The van der Waals surface area contributed by atoms with Gasteiger partial charge in [0, 0.05) is 33.7 Å². The minimum Gasteiger partial charge on any atom is -0.325 e. The first kappa shape index (κ1) is 17.5. The van der Waals surface area contributed by atoms with E-state index >= 15 is 0 Å². The Hall–Kier alpha value is -1.90. The fourth-order valence-corrected chi connectivity index (χ4v) is 5.09. The minimum atomic E-state index is -0.206. The Morgan fingerprint density at radius 3 is 2.96 bits per heavy atom. The molecule has 0 saturated carbocycles. The Morgan fingerprint density at radius 2 is 2.12 bits per heavy atom. The van der Waals surface area contributed by atoms with Gasteiger partial charge in [0.1, 0.15) is 0 Å². The smallest absolute Gasteiger partial charge is 0.257 e. The molecule has 0 aliphatic carbocycles. The standard InChI is InChI=1S/C18H20N4O2S2/c23-16-5-8-25-14-2-1-12(9-13(14)21-16)17(24)22-18-20-10-15(26-18)11-3-6-19-7-4-11/h1-2,9-11,19H,3-8H2,(H,21,23)(H,20,22,24). The van der Waals surface area contributed by atoms with Crippen LogP contribution in [0.15, 0.2) is 29.3 Å². The minimum absolute atomic E-state index is 0.0136. The molecule has 1 saturated heterocycles. The highest BCUT2D eigenvalue weighted by Crippen LogP contribution is 2.33. The van der Waals surface area contributed by atoms with E-state index in [0.29, 0.717) is 28.7 Å². The van der Waals surface area contributed by atoms with E-state index in [2.05, 4.69) is 20.9 Å². The predicted octanol–water partition coefficient (Wildman–Crippen LogP) is 3.30. The third-order valence-corrected chi connectivity index (χ3v) is 6.74. The van der Waals surface area contributed by atoms with Gasteiger partial charge in [-0.2, -0.15) is 0 Å². The Bertz CT molecular complexity index is 830. The van der Waals surface area contributed by atoms with E-state index in [9.17, 15) is 9.59 Å². The summed E-state index contributed by atoms with van der Waals surface area (Å²) in [5.41, 5.74) is 1.23. The van der Waals surface area contributed by atoms with Gasteiger partial charge in [-0.25, -0.2) is 4.98 Å². The first-order chi connectivity index (χ1) is 12.7. The van der Waals surface area contributed by atoms with Gasteiger partial charge < -0.3 is 10.6 Å². The van der Waals surface area contributed by atoms with Crippen LogP contribution < -0.4 is 16.0 Å². The van der Waals surface area contributed by atoms with E-state index in [4.69, 9.17) is 0 Å². The highest BCUT2D eigenvalue weighted by Gasteiger charge is 2.19. The molecule has 136 valence electrons. The van der Waals surface area contributed by atoms with Gasteiger partial charge in [-0.3, -0.25) is 14.9 Å². The van der Waals surface area contributed by atoms with E-state index in [1.807, 2.05) is 12.3 Å². The third kappa shape index (κ3) is 3.92. The lowest BCUT2D eigenvalue weighted by molar-refractivity contribution is -0.115. The number of fused-ring (bicyclic) bond motifs is 1. The van der Waals surface area contributed by atoms with Crippen molar-refractivity contribution in [2.75, 3.05) is 29.5 Å². The summed E-state index contributed by atoms with van der Waals surface area (Å²) in [6.07, 6.45) is 4.58. The Balaban J connectivity index is 1.46. The van der Waals surface area contributed by atoms with E-state index in [1.165, 1.54) is 4.88 Å².